The molecule has 0 aliphatic carbocycles. The van der Waals surface area contributed by atoms with Gasteiger partial charge in [0.2, 0.25) is 0 Å². The van der Waals surface area contributed by atoms with E-state index in [1.54, 1.807) is 6.07 Å². The molecule has 5 heteroatoms. The van der Waals surface area contributed by atoms with Gasteiger partial charge in [-0.25, -0.2) is 4.79 Å². The molecule has 0 bridgehead atoms. The van der Waals surface area contributed by atoms with Gasteiger partial charge in [-0.1, -0.05) is 24.3 Å². The lowest BCUT2D eigenvalue weighted by Crippen LogP contribution is -2.46. The number of hydrogen-bond acceptors (Lipinski definition) is 5. The van der Waals surface area contributed by atoms with Crippen molar-refractivity contribution in [3.05, 3.63) is 65.2 Å². The molecule has 0 spiro atoms. The van der Waals surface area contributed by atoms with Gasteiger partial charge in [0, 0.05) is 45.0 Å². The molecule has 5 nitrogen and oxygen atoms in total. The summed E-state index contributed by atoms with van der Waals surface area (Å²) in [5, 5.41) is 0. The molecule has 0 amide bonds. The van der Waals surface area contributed by atoms with Crippen LogP contribution in [0.15, 0.2) is 48.5 Å². The van der Waals surface area contributed by atoms with Crippen molar-refractivity contribution in [3.63, 3.8) is 0 Å². The largest absolute Gasteiger partial charge is 0.465 e. The molecule has 2 N–H and O–H groups in total. The second-order valence-electron chi connectivity index (χ2n) is 6.33. The molecule has 132 valence electrons. The van der Waals surface area contributed by atoms with E-state index >= 15 is 0 Å². The maximum atomic E-state index is 11.7. The summed E-state index contributed by atoms with van der Waals surface area (Å²) in [6.07, 6.45) is 0. The molecule has 0 saturated carbocycles. The summed E-state index contributed by atoms with van der Waals surface area (Å²) in [5.41, 5.74) is 9.90. The number of nitrogens with two attached hydrogens (primary N) is 1. The highest BCUT2D eigenvalue weighted by Gasteiger charge is 2.18. The SMILES string of the molecule is COC(=O)c1cccc(CN2CCN(c3cccc(CN)c3)CC2)c1. The molecule has 3 rings (SSSR count). The predicted molar refractivity (Wildman–Crippen MR) is 99.6 cm³/mol. The number of ether oxygens (including phenoxy) is 1. The number of nitrogens with zero attached hydrogens (tertiary/aromatic N) is 2. The zero-order valence-electron chi connectivity index (χ0n) is 14.6. The number of anilines is 1. The molecular formula is C20H25N3O2. The van der Waals surface area contributed by atoms with Crippen molar-refractivity contribution >= 4 is 11.7 Å². The normalized spacial score (nSPS) is 15.2. The number of hydrogen-bond donors (Lipinski definition) is 1. The first-order chi connectivity index (χ1) is 12.2. The summed E-state index contributed by atoms with van der Waals surface area (Å²) in [7, 11) is 1.41. The third kappa shape index (κ3) is 4.38. The quantitative estimate of drug-likeness (QED) is 0.847. The highest BCUT2D eigenvalue weighted by atomic mass is 16.5. The van der Waals surface area contributed by atoms with Crippen LogP contribution in [0.5, 0.6) is 0 Å². The Kier molecular flexibility index (Phi) is 5.68. The minimum absolute atomic E-state index is 0.286. The van der Waals surface area contributed by atoms with Gasteiger partial charge in [0.15, 0.2) is 0 Å². The van der Waals surface area contributed by atoms with Gasteiger partial charge in [0.25, 0.3) is 0 Å². The third-order valence-electron chi connectivity index (χ3n) is 4.64. The highest BCUT2D eigenvalue weighted by Crippen LogP contribution is 2.19. The zero-order valence-corrected chi connectivity index (χ0v) is 14.6. The number of rotatable bonds is 5. The lowest BCUT2D eigenvalue weighted by Gasteiger charge is -2.36. The molecule has 1 aliphatic rings. The van der Waals surface area contributed by atoms with Crippen molar-refractivity contribution in [1.29, 1.82) is 0 Å². The Morgan fingerprint density at radius 3 is 2.48 bits per heavy atom. The molecule has 1 aliphatic heterocycles. The average Bonchev–Trinajstić information content (AvgIpc) is 2.68. The maximum Gasteiger partial charge on any atom is 0.337 e. The van der Waals surface area contributed by atoms with Gasteiger partial charge in [-0.15, -0.1) is 0 Å². The first-order valence-corrected chi connectivity index (χ1v) is 8.63. The summed E-state index contributed by atoms with van der Waals surface area (Å²) < 4.78 is 4.80. The molecular weight excluding hydrogens is 314 g/mol. The Balaban J connectivity index is 1.58. The van der Waals surface area contributed by atoms with E-state index in [9.17, 15) is 4.79 Å². The smallest absolute Gasteiger partial charge is 0.337 e. The van der Waals surface area contributed by atoms with Gasteiger partial charge in [-0.3, -0.25) is 4.90 Å². The Morgan fingerprint density at radius 1 is 1.04 bits per heavy atom. The fourth-order valence-electron chi connectivity index (χ4n) is 3.22. The second kappa shape index (κ2) is 8.14. The fourth-order valence-corrected chi connectivity index (χ4v) is 3.22. The Morgan fingerprint density at radius 2 is 1.76 bits per heavy atom. The number of carbonyl (C=O) groups is 1. The highest BCUT2D eigenvalue weighted by molar-refractivity contribution is 5.89. The van der Waals surface area contributed by atoms with Crippen molar-refractivity contribution < 1.29 is 9.53 Å². The van der Waals surface area contributed by atoms with Gasteiger partial charge in [0.05, 0.1) is 12.7 Å². The Hall–Kier alpha value is -2.37. The van der Waals surface area contributed by atoms with Crippen molar-refractivity contribution in [2.45, 2.75) is 13.1 Å². The van der Waals surface area contributed by atoms with Crippen molar-refractivity contribution in [1.82, 2.24) is 4.90 Å². The summed E-state index contributed by atoms with van der Waals surface area (Å²) in [5.74, 6) is -0.286. The van der Waals surface area contributed by atoms with E-state index in [0.717, 1.165) is 38.3 Å². The molecule has 1 heterocycles. The topological polar surface area (TPSA) is 58.8 Å². The van der Waals surface area contributed by atoms with Crippen LogP contribution in [-0.2, 0) is 17.8 Å². The maximum absolute atomic E-state index is 11.7. The molecule has 25 heavy (non-hydrogen) atoms. The lowest BCUT2D eigenvalue weighted by atomic mass is 10.1. The van der Waals surface area contributed by atoms with E-state index in [0.29, 0.717) is 12.1 Å². The Bertz CT molecular complexity index is 724. The van der Waals surface area contributed by atoms with Crippen LogP contribution in [-0.4, -0.2) is 44.2 Å². The van der Waals surface area contributed by atoms with Gasteiger partial charge >= 0.3 is 5.97 Å². The monoisotopic (exact) mass is 339 g/mol. The van der Waals surface area contributed by atoms with Crippen LogP contribution >= 0.6 is 0 Å². The summed E-state index contributed by atoms with van der Waals surface area (Å²) in [6, 6.07) is 16.1. The molecule has 2 aromatic carbocycles. The van der Waals surface area contributed by atoms with E-state index in [2.05, 4.69) is 40.1 Å². The second-order valence-corrected chi connectivity index (χ2v) is 6.33. The zero-order chi connectivity index (χ0) is 17.6. The van der Waals surface area contributed by atoms with Gasteiger partial charge in [0.1, 0.15) is 0 Å². The number of carbonyl (C=O) groups excluding carboxylic acids is 1. The van der Waals surface area contributed by atoms with E-state index in [4.69, 9.17) is 10.5 Å². The van der Waals surface area contributed by atoms with Crippen LogP contribution in [0.4, 0.5) is 5.69 Å². The Labute approximate surface area is 149 Å². The lowest BCUT2D eigenvalue weighted by molar-refractivity contribution is 0.0600. The van der Waals surface area contributed by atoms with Gasteiger partial charge in [-0.05, 0) is 35.4 Å². The number of methoxy groups -OCH3 is 1. The number of piperazine rings is 1. The van der Waals surface area contributed by atoms with Crippen molar-refractivity contribution in [2.24, 2.45) is 5.73 Å². The van der Waals surface area contributed by atoms with Crippen LogP contribution < -0.4 is 10.6 Å². The molecule has 2 aromatic rings. The minimum Gasteiger partial charge on any atom is -0.465 e. The molecule has 0 atom stereocenters. The minimum atomic E-state index is -0.286. The van der Waals surface area contributed by atoms with Crippen LogP contribution in [0.3, 0.4) is 0 Å². The summed E-state index contributed by atoms with van der Waals surface area (Å²) in [6.45, 7) is 5.39. The number of benzene rings is 2. The van der Waals surface area contributed by atoms with Gasteiger partial charge in [-0.2, -0.15) is 0 Å². The van der Waals surface area contributed by atoms with E-state index < -0.39 is 0 Å². The van der Waals surface area contributed by atoms with Crippen molar-refractivity contribution in [3.8, 4) is 0 Å². The van der Waals surface area contributed by atoms with Crippen molar-refractivity contribution in [2.75, 3.05) is 38.2 Å². The van der Waals surface area contributed by atoms with Crippen LogP contribution in [0.25, 0.3) is 0 Å². The van der Waals surface area contributed by atoms with Crippen LogP contribution in [0.2, 0.25) is 0 Å². The molecule has 1 fully saturated rings. The van der Waals surface area contributed by atoms with Crippen LogP contribution in [0.1, 0.15) is 21.5 Å². The van der Waals surface area contributed by atoms with Crippen LogP contribution in [0, 0.1) is 0 Å². The predicted octanol–water partition coefficient (Wildman–Crippen LogP) is 2.25. The van der Waals surface area contributed by atoms with E-state index in [-0.39, 0.29) is 5.97 Å². The van der Waals surface area contributed by atoms with E-state index in [1.165, 1.54) is 18.4 Å². The standard InChI is InChI=1S/C20H25N3O2/c1-25-20(24)18-6-2-5-17(12-18)15-22-8-10-23(11-9-22)19-7-3-4-16(13-19)14-21/h2-7,12-13H,8-11,14-15,21H2,1H3. The molecule has 0 radical (unpaired) electrons. The van der Waals surface area contributed by atoms with E-state index in [1.807, 2.05) is 12.1 Å². The number of esters is 1. The molecule has 0 aromatic heterocycles. The third-order valence-corrected chi connectivity index (χ3v) is 4.64. The first-order valence-electron chi connectivity index (χ1n) is 8.63. The first kappa shape index (κ1) is 17.5. The summed E-state index contributed by atoms with van der Waals surface area (Å²) >= 11 is 0. The fraction of sp³-hybridized carbons (Fsp3) is 0.350. The summed E-state index contributed by atoms with van der Waals surface area (Å²) in [4.78, 5) is 16.5. The van der Waals surface area contributed by atoms with Gasteiger partial charge < -0.3 is 15.4 Å². The molecule has 0 unspecified atom stereocenters. The molecule has 1 saturated heterocycles. The average molecular weight is 339 g/mol.